The summed E-state index contributed by atoms with van der Waals surface area (Å²) in [5, 5.41) is 29.8. The van der Waals surface area contributed by atoms with Crippen molar-refractivity contribution in [1.29, 1.82) is 0 Å². The standard InChI is InChI=1S/C22H21FO7/c1-12-9-14(10-13-3-5-15(23)6-4-13)18(30-12)17(24)16-7-8-21(2,19(25)26)11-22(16,29)20(27)28/h3-9,16,29H,10-11H2,1-2H3,(H,25,26)(H,27,28). The first-order valence-electron chi connectivity index (χ1n) is 9.23. The number of halogens is 1. The second-order valence-corrected chi connectivity index (χ2v) is 7.84. The topological polar surface area (TPSA) is 125 Å². The molecule has 2 aromatic rings. The maximum Gasteiger partial charge on any atom is 0.336 e. The molecule has 3 atom stereocenters. The summed E-state index contributed by atoms with van der Waals surface area (Å²) in [6.45, 7) is 2.89. The average molecular weight is 416 g/mol. The average Bonchev–Trinajstić information content (AvgIpc) is 3.03. The lowest BCUT2D eigenvalue weighted by molar-refractivity contribution is -0.169. The van der Waals surface area contributed by atoms with Gasteiger partial charge >= 0.3 is 11.9 Å². The molecule has 8 heteroatoms. The Hall–Kier alpha value is -3.26. The van der Waals surface area contributed by atoms with Crippen LogP contribution in [-0.2, 0) is 16.0 Å². The summed E-state index contributed by atoms with van der Waals surface area (Å²) in [4.78, 5) is 36.6. The van der Waals surface area contributed by atoms with Gasteiger partial charge < -0.3 is 19.7 Å². The van der Waals surface area contributed by atoms with Crippen LogP contribution in [0.15, 0.2) is 46.9 Å². The minimum atomic E-state index is -2.62. The number of rotatable bonds is 6. The van der Waals surface area contributed by atoms with Gasteiger partial charge in [-0.05, 0) is 37.6 Å². The summed E-state index contributed by atoms with van der Waals surface area (Å²) in [6.07, 6.45) is 1.90. The molecule has 0 fully saturated rings. The minimum absolute atomic E-state index is 0.120. The van der Waals surface area contributed by atoms with Gasteiger partial charge in [-0.2, -0.15) is 0 Å². The maximum atomic E-state index is 13.2. The van der Waals surface area contributed by atoms with Gasteiger partial charge in [0.05, 0.1) is 11.3 Å². The number of carboxylic acids is 2. The van der Waals surface area contributed by atoms with Crippen LogP contribution in [0.25, 0.3) is 0 Å². The Morgan fingerprint density at radius 1 is 1.17 bits per heavy atom. The van der Waals surface area contributed by atoms with E-state index in [2.05, 4.69) is 0 Å². The number of benzene rings is 1. The number of carbonyl (C=O) groups excluding carboxylic acids is 1. The Labute approximate surface area is 171 Å². The largest absolute Gasteiger partial charge is 0.481 e. The fraction of sp³-hybridized carbons (Fsp3) is 0.318. The van der Waals surface area contributed by atoms with Gasteiger partial charge in [0.25, 0.3) is 0 Å². The minimum Gasteiger partial charge on any atom is -0.481 e. The molecule has 0 spiro atoms. The zero-order valence-corrected chi connectivity index (χ0v) is 16.4. The predicted octanol–water partition coefficient (Wildman–Crippen LogP) is 2.98. The van der Waals surface area contributed by atoms with Crippen molar-refractivity contribution in [2.24, 2.45) is 11.3 Å². The maximum absolute atomic E-state index is 13.2. The van der Waals surface area contributed by atoms with E-state index in [1.807, 2.05) is 0 Å². The van der Waals surface area contributed by atoms with Crippen LogP contribution >= 0.6 is 0 Å². The Balaban J connectivity index is 2.00. The fourth-order valence-corrected chi connectivity index (χ4v) is 3.73. The Bertz CT molecular complexity index is 1040. The number of carboxylic acid groups (broad SMARTS) is 2. The van der Waals surface area contributed by atoms with Gasteiger partial charge in [0.15, 0.2) is 11.4 Å². The van der Waals surface area contributed by atoms with Crippen LogP contribution in [0, 0.1) is 24.1 Å². The molecule has 0 saturated carbocycles. The normalized spacial score (nSPS) is 25.8. The molecule has 0 bridgehead atoms. The lowest BCUT2D eigenvalue weighted by Gasteiger charge is -2.38. The van der Waals surface area contributed by atoms with Crippen molar-refractivity contribution >= 4 is 17.7 Å². The molecule has 30 heavy (non-hydrogen) atoms. The van der Waals surface area contributed by atoms with Crippen molar-refractivity contribution in [3.8, 4) is 0 Å². The molecule has 7 nitrogen and oxygen atoms in total. The van der Waals surface area contributed by atoms with E-state index >= 15 is 0 Å². The highest BCUT2D eigenvalue weighted by atomic mass is 19.1. The van der Waals surface area contributed by atoms with Gasteiger partial charge in [-0.15, -0.1) is 0 Å². The molecule has 0 saturated heterocycles. The molecule has 3 rings (SSSR count). The first-order valence-corrected chi connectivity index (χ1v) is 9.23. The number of aryl methyl sites for hydroxylation is 1. The Kier molecular flexibility index (Phi) is 5.38. The third-order valence-corrected chi connectivity index (χ3v) is 5.41. The number of furan rings is 1. The molecule has 1 heterocycles. The van der Waals surface area contributed by atoms with E-state index in [-0.39, 0.29) is 12.2 Å². The molecule has 0 aliphatic heterocycles. The molecule has 0 radical (unpaired) electrons. The number of aliphatic hydroxyl groups is 1. The van der Waals surface area contributed by atoms with Crippen molar-refractivity contribution < 1.29 is 38.5 Å². The zero-order chi connectivity index (χ0) is 22.3. The number of ketones is 1. The van der Waals surface area contributed by atoms with Crippen LogP contribution in [-0.4, -0.2) is 38.6 Å². The van der Waals surface area contributed by atoms with Crippen LogP contribution in [0.1, 0.15) is 40.8 Å². The molecule has 1 aromatic carbocycles. The SMILES string of the molecule is Cc1cc(Cc2ccc(F)cc2)c(C(=O)C2C=CC(C)(C(=O)O)CC2(O)C(=O)O)o1. The second-order valence-electron chi connectivity index (χ2n) is 7.84. The number of hydrogen-bond donors (Lipinski definition) is 3. The Morgan fingerprint density at radius 3 is 2.37 bits per heavy atom. The highest BCUT2D eigenvalue weighted by Crippen LogP contribution is 2.42. The summed E-state index contributed by atoms with van der Waals surface area (Å²) in [5.74, 6) is -5.42. The molecule has 3 unspecified atom stereocenters. The van der Waals surface area contributed by atoms with Crippen molar-refractivity contribution in [1.82, 2.24) is 0 Å². The fourth-order valence-electron chi connectivity index (χ4n) is 3.73. The number of hydrogen-bond acceptors (Lipinski definition) is 5. The van der Waals surface area contributed by atoms with Crippen LogP contribution in [0.5, 0.6) is 0 Å². The first kappa shape index (κ1) is 21.4. The molecule has 1 aliphatic rings. The van der Waals surface area contributed by atoms with E-state index < -0.39 is 46.9 Å². The molecule has 0 amide bonds. The van der Waals surface area contributed by atoms with Crippen molar-refractivity contribution in [2.75, 3.05) is 0 Å². The van der Waals surface area contributed by atoms with Crippen LogP contribution in [0.4, 0.5) is 4.39 Å². The molecule has 1 aromatic heterocycles. The number of aliphatic carboxylic acids is 2. The summed E-state index contributed by atoms with van der Waals surface area (Å²) in [7, 11) is 0. The van der Waals surface area contributed by atoms with Gasteiger partial charge in [0.1, 0.15) is 11.6 Å². The monoisotopic (exact) mass is 416 g/mol. The van der Waals surface area contributed by atoms with E-state index in [4.69, 9.17) is 4.42 Å². The third kappa shape index (κ3) is 3.78. The van der Waals surface area contributed by atoms with E-state index in [0.29, 0.717) is 16.9 Å². The summed E-state index contributed by atoms with van der Waals surface area (Å²) in [5.41, 5.74) is -3.10. The highest BCUT2D eigenvalue weighted by Gasteiger charge is 2.55. The van der Waals surface area contributed by atoms with Crippen molar-refractivity contribution in [2.45, 2.75) is 32.3 Å². The summed E-state index contributed by atoms with van der Waals surface area (Å²) >= 11 is 0. The lowest BCUT2D eigenvalue weighted by atomic mass is 9.66. The number of Topliss-reactive ketones (excluding diaryl/α,β-unsaturated/α-hetero) is 1. The van der Waals surface area contributed by atoms with Gasteiger partial charge in [0, 0.05) is 18.4 Å². The van der Waals surface area contributed by atoms with Crippen molar-refractivity contribution in [3.63, 3.8) is 0 Å². The molecule has 1 aliphatic carbocycles. The van der Waals surface area contributed by atoms with E-state index in [1.165, 1.54) is 25.1 Å². The van der Waals surface area contributed by atoms with Crippen LogP contribution in [0.2, 0.25) is 0 Å². The van der Waals surface area contributed by atoms with Gasteiger partial charge in [-0.25, -0.2) is 9.18 Å². The van der Waals surface area contributed by atoms with Gasteiger partial charge in [0.2, 0.25) is 5.78 Å². The van der Waals surface area contributed by atoms with Gasteiger partial charge in [-0.1, -0.05) is 24.3 Å². The zero-order valence-electron chi connectivity index (χ0n) is 16.4. The lowest BCUT2D eigenvalue weighted by Crippen LogP contribution is -2.54. The van der Waals surface area contributed by atoms with Crippen LogP contribution in [0.3, 0.4) is 0 Å². The quantitative estimate of drug-likeness (QED) is 0.488. The second kappa shape index (κ2) is 7.53. The third-order valence-electron chi connectivity index (χ3n) is 5.41. The van der Waals surface area contributed by atoms with Crippen LogP contribution < -0.4 is 0 Å². The first-order chi connectivity index (χ1) is 14.0. The number of carbonyl (C=O) groups is 3. The predicted molar refractivity (Wildman–Crippen MR) is 103 cm³/mol. The molecule has 3 N–H and O–H groups in total. The van der Waals surface area contributed by atoms with E-state index in [1.54, 1.807) is 25.1 Å². The summed E-state index contributed by atoms with van der Waals surface area (Å²) in [6, 6.07) is 7.29. The van der Waals surface area contributed by atoms with E-state index in [9.17, 15) is 34.1 Å². The van der Waals surface area contributed by atoms with Crippen molar-refractivity contribution in [3.05, 3.63) is 70.9 Å². The van der Waals surface area contributed by atoms with E-state index in [0.717, 1.165) is 6.08 Å². The summed E-state index contributed by atoms with van der Waals surface area (Å²) < 4.78 is 18.7. The van der Waals surface area contributed by atoms with Gasteiger partial charge in [-0.3, -0.25) is 9.59 Å². The molecular formula is C22H21FO7. The Morgan fingerprint density at radius 2 is 1.80 bits per heavy atom. The molecule has 158 valence electrons. The highest BCUT2D eigenvalue weighted by molar-refractivity contribution is 6.02. The smallest absolute Gasteiger partial charge is 0.336 e. The molecular weight excluding hydrogens is 395 g/mol.